The molecule has 2 aromatic heterocycles. The average molecular weight is 563 g/mol. The number of aryl methyl sites for hydroxylation is 1. The lowest BCUT2D eigenvalue weighted by Crippen LogP contribution is -2.21. The molecule has 0 spiro atoms. The van der Waals surface area contributed by atoms with Gasteiger partial charge in [0, 0.05) is 42.1 Å². The number of urea groups is 1. The van der Waals surface area contributed by atoms with Crippen molar-refractivity contribution in [3.05, 3.63) is 96.3 Å². The van der Waals surface area contributed by atoms with E-state index in [0.29, 0.717) is 34.7 Å². The van der Waals surface area contributed by atoms with Crippen LogP contribution in [0, 0.1) is 6.92 Å². The Morgan fingerprint density at radius 1 is 0.929 bits per heavy atom. The summed E-state index contributed by atoms with van der Waals surface area (Å²) in [6.07, 6.45) is 3.77. The number of hydrogen-bond acceptors (Lipinski definition) is 6. The highest BCUT2D eigenvalue weighted by atomic mass is 16.5. The number of nitrogens with zero attached hydrogens (tertiary/aromatic N) is 3. The molecule has 5 aromatic rings. The topological polar surface area (TPSA) is 119 Å². The third-order valence-electron chi connectivity index (χ3n) is 6.88. The van der Waals surface area contributed by atoms with E-state index in [0.717, 1.165) is 40.6 Å². The first-order valence-electron chi connectivity index (χ1n) is 13.7. The lowest BCUT2D eigenvalue weighted by atomic mass is 10.1. The molecule has 10 heteroatoms. The van der Waals surface area contributed by atoms with Crippen LogP contribution in [0.2, 0.25) is 0 Å². The molecule has 0 bridgehead atoms. The Balaban J connectivity index is 1.22. The standard InChI is InChI=1S/C32H30N6O4/c1-20-7-11-22(12-8-20)38-30(18-27(37-38)21-9-10-21)36-32(40)34-26-13-14-28(25-6-4-3-5-24(25)26)42-23-15-16-33-29(17-23)35-31(39)19-41-2/h3-8,11-18,21H,9-10,19H2,1-2H3,(H,33,35,39)(H2,34,36,40). The van der Waals surface area contributed by atoms with Crippen molar-refractivity contribution in [2.75, 3.05) is 29.7 Å². The number of pyridine rings is 1. The molecule has 1 fully saturated rings. The molecule has 42 heavy (non-hydrogen) atoms. The zero-order valence-corrected chi connectivity index (χ0v) is 23.3. The highest BCUT2D eigenvalue weighted by molar-refractivity contribution is 6.07. The van der Waals surface area contributed by atoms with Gasteiger partial charge >= 0.3 is 6.03 Å². The lowest BCUT2D eigenvalue weighted by molar-refractivity contribution is -0.119. The second-order valence-corrected chi connectivity index (χ2v) is 10.2. The van der Waals surface area contributed by atoms with Crippen molar-refractivity contribution in [3.63, 3.8) is 0 Å². The van der Waals surface area contributed by atoms with Gasteiger partial charge in [-0.2, -0.15) is 5.10 Å². The smallest absolute Gasteiger partial charge is 0.324 e. The minimum atomic E-state index is -0.380. The molecule has 212 valence electrons. The van der Waals surface area contributed by atoms with Gasteiger partial charge in [-0.05, 0) is 50.1 Å². The molecule has 10 nitrogen and oxygen atoms in total. The van der Waals surface area contributed by atoms with Gasteiger partial charge in [-0.3, -0.25) is 10.1 Å². The van der Waals surface area contributed by atoms with Crippen LogP contribution < -0.4 is 20.7 Å². The van der Waals surface area contributed by atoms with Gasteiger partial charge in [0.25, 0.3) is 5.91 Å². The Morgan fingerprint density at radius 3 is 2.48 bits per heavy atom. The fraction of sp³-hybridized carbons (Fsp3) is 0.188. The number of ether oxygens (including phenoxy) is 2. The zero-order valence-electron chi connectivity index (χ0n) is 23.3. The summed E-state index contributed by atoms with van der Waals surface area (Å²) in [6.45, 7) is 1.96. The predicted molar refractivity (Wildman–Crippen MR) is 162 cm³/mol. The SMILES string of the molecule is COCC(=O)Nc1cc(Oc2ccc(NC(=O)Nc3cc(C4CC4)nn3-c3ccc(C)cc3)c3ccccc23)ccn1. The maximum atomic E-state index is 13.3. The van der Waals surface area contributed by atoms with Crippen molar-refractivity contribution in [3.8, 4) is 17.2 Å². The summed E-state index contributed by atoms with van der Waals surface area (Å²) in [7, 11) is 1.45. The predicted octanol–water partition coefficient (Wildman–Crippen LogP) is 6.63. The van der Waals surface area contributed by atoms with Crippen LogP contribution in [0.1, 0.15) is 30.0 Å². The molecule has 3 amide bonds. The molecule has 3 aromatic carbocycles. The summed E-state index contributed by atoms with van der Waals surface area (Å²) in [6, 6.07) is 24.2. The number of fused-ring (bicyclic) bond motifs is 1. The fourth-order valence-corrected chi connectivity index (χ4v) is 4.67. The fourth-order valence-electron chi connectivity index (χ4n) is 4.67. The van der Waals surface area contributed by atoms with Crippen LogP contribution in [0.5, 0.6) is 11.5 Å². The summed E-state index contributed by atoms with van der Waals surface area (Å²) in [5.41, 5.74) is 3.64. The normalized spacial score (nSPS) is 12.6. The summed E-state index contributed by atoms with van der Waals surface area (Å²) in [5, 5.41) is 15.1. The number of rotatable bonds is 9. The number of carbonyl (C=O) groups excluding carboxylic acids is 2. The monoisotopic (exact) mass is 562 g/mol. The number of carbonyl (C=O) groups is 2. The Morgan fingerprint density at radius 2 is 1.71 bits per heavy atom. The molecule has 1 aliphatic carbocycles. The highest BCUT2D eigenvalue weighted by Gasteiger charge is 2.28. The van der Waals surface area contributed by atoms with Crippen molar-refractivity contribution in [1.29, 1.82) is 0 Å². The van der Waals surface area contributed by atoms with Gasteiger partial charge in [-0.1, -0.05) is 42.0 Å². The van der Waals surface area contributed by atoms with Crippen molar-refractivity contribution >= 4 is 40.0 Å². The Labute approximate surface area is 242 Å². The Kier molecular flexibility index (Phi) is 7.52. The molecule has 1 aliphatic rings. The third kappa shape index (κ3) is 6.08. The molecule has 3 N–H and O–H groups in total. The van der Waals surface area contributed by atoms with E-state index in [9.17, 15) is 9.59 Å². The first-order valence-corrected chi connectivity index (χ1v) is 13.7. The number of methoxy groups -OCH3 is 1. The minimum absolute atomic E-state index is 0.0740. The Hall–Kier alpha value is -5.22. The first kappa shape index (κ1) is 27.0. The van der Waals surface area contributed by atoms with E-state index in [1.807, 2.05) is 61.5 Å². The minimum Gasteiger partial charge on any atom is -0.457 e. The first-order chi connectivity index (χ1) is 20.5. The quantitative estimate of drug-likeness (QED) is 0.186. The maximum Gasteiger partial charge on any atom is 0.324 e. The van der Waals surface area contributed by atoms with Gasteiger partial charge in [-0.15, -0.1) is 0 Å². The van der Waals surface area contributed by atoms with Crippen molar-refractivity contribution in [2.45, 2.75) is 25.7 Å². The Bertz CT molecular complexity index is 1760. The third-order valence-corrected chi connectivity index (χ3v) is 6.88. The average Bonchev–Trinajstić information content (AvgIpc) is 3.75. The van der Waals surface area contributed by atoms with Crippen LogP contribution in [-0.2, 0) is 9.53 Å². The van der Waals surface area contributed by atoms with E-state index in [-0.39, 0.29) is 18.5 Å². The molecular formula is C32H30N6O4. The van der Waals surface area contributed by atoms with Gasteiger partial charge in [0.05, 0.1) is 17.1 Å². The molecule has 0 radical (unpaired) electrons. The lowest BCUT2D eigenvalue weighted by Gasteiger charge is -2.14. The van der Waals surface area contributed by atoms with E-state index < -0.39 is 0 Å². The molecule has 0 aliphatic heterocycles. The van der Waals surface area contributed by atoms with E-state index >= 15 is 0 Å². The molecule has 2 heterocycles. The molecule has 0 saturated heterocycles. The van der Waals surface area contributed by atoms with Crippen molar-refractivity contribution in [1.82, 2.24) is 14.8 Å². The summed E-state index contributed by atoms with van der Waals surface area (Å²) in [4.78, 5) is 29.3. The van der Waals surface area contributed by atoms with Crippen LogP contribution in [0.25, 0.3) is 16.5 Å². The number of anilines is 3. The largest absolute Gasteiger partial charge is 0.457 e. The number of nitrogens with one attached hydrogen (secondary N) is 3. The maximum absolute atomic E-state index is 13.3. The van der Waals surface area contributed by atoms with Crippen LogP contribution in [-0.4, -0.2) is 40.4 Å². The van der Waals surface area contributed by atoms with Gasteiger partial charge < -0.3 is 20.1 Å². The summed E-state index contributed by atoms with van der Waals surface area (Å²) >= 11 is 0. The van der Waals surface area contributed by atoms with Gasteiger partial charge in [0.1, 0.15) is 29.7 Å². The molecule has 0 unspecified atom stereocenters. The number of hydrogen-bond donors (Lipinski definition) is 3. The molecule has 6 rings (SSSR count). The summed E-state index contributed by atoms with van der Waals surface area (Å²) in [5.74, 6) is 2.17. The number of benzene rings is 3. The van der Waals surface area contributed by atoms with Crippen LogP contribution in [0.15, 0.2) is 85.1 Å². The summed E-state index contributed by atoms with van der Waals surface area (Å²) < 4.78 is 12.8. The second-order valence-electron chi connectivity index (χ2n) is 10.2. The van der Waals surface area contributed by atoms with Crippen molar-refractivity contribution < 1.29 is 19.1 Å². The van der Waals surface area contributed by atoms with E-state index in [2.05, 4.69) is 20.9 Å². The number of aromatic nitrogens is 3. The van der Waals surface area contributed by atoms with Crippen LogP contribution >= 0.6 is 0 Å². The van der Waals surface area contributed by atoms with E-state index in [1.54, 1.807) is 35.1 Å². The highest BCUT2D eigenvalue weighted by Crippen LogP contribution is 2.40. The van der Waals surface area contributed by atoms with Gasteiger partial charge in [0.15, 0.2) is 0 Å². The molecule has 1 saturated carbocycles. The van der Waals surface area contributed by atoms with E-state index in [4.69, 9.17) is 14.6 Å². The van der Waals surface area contributed by atoms with Crippen LogP contribution in [0.4, 0.5) is 22.1 Å². The van der Waals surface area contributed by atoms with Gasteiger partial charge in [0.2, 0.25) is 0 Å². The van der Waals surface area contributed by atoms with Gasteiger partial charge in [-0.25, -0.2) is 14.5 Å². The van der Waals surface area contributed by atoms with E-state index in [1.165, 1.54) is 7.11 Å². The second kappa shape index (κ2) is 11.7. The zero-order chi connectivity index (χ0) is 29.1. The molecular weight excluding hydrogens is 532 g/mol. The molecule has 0 atom stereocenters. The van der Waals surface area contributed by atoms with Crippen LogP contribution in [0.3, 0.4) is 0 Å². The number of amides is 3. The van der Waals surface area contributed by atoms with Crippen molar-refractivity contribution in [2.24, 2.45) is 0 Å².